The van der Waals surface area contributed by atoms with Crippen molar-refractivity contribution >= 4 is 108 Å². The van der Waals surface area contributed by atoms with Crippen molar-refractivity contribution in [1.29, 1.82) is 0 Å². The van der Waals surface area contributed by atoms with Gasteiger partial charge >= 0.3 is 0 Å². The van der Waals surface area contributed by atoms with Gasteiger partial charge in [0.05, 0.1) is 22.4 Å². The van der Waals surface area contributed by atoms with Crippen molar-refractivity contribution in [2.45, 2.75) is 66.2 Å². The minimum absolute atomic E-state index is 0.188. The first-order valence-corrected chi connectivity index (χ1v) is 30.7. The molecular weight excluding hydrogens is 1040 g/mol. The summed E-state index contributed by atoms with van der Waals surface area (Å²) in [7, 11) is 0. The van der Waals surface area contributed by atoms with E-state index in [4.69, 9.17) is 0 Å². The molecule has 0 saturated heterocycles. The minimum atomic E-state index is -0.188. The zero-order chi connectivity index (χ0) is 57.5. The maximum absolute atomic E-state index is 2.60. The van der Waals surface area contributed by atoms with Crippen LogP contribution in [0, 0.1) is 27.7 Å². The van der Waals surface area contributed by atoms with Crippen LogP contribution in [0.25, 0.3) is 164 Å². The van der Waals surface area contributed by atoms with Crippen LogP contribution in [0.1, 0.15) is 72.5 Å². The van der Waals surface area contributed by atoms with Crippen molar-refractivity contribution in [1.82, 2.24) is 9.13 Å². The molecule has 0 fully saturated rings. The van der Waals surface area contributed by atoms with Gasteiger partial charge in [-0.05, 0) is 230 Å². The lowest BCUT2D eigenvalue weighted by Crippen LogP contribution is -2.15. The Labute approximate surface area is 499 Å². The van der Waals surface area contributed by atoms with E-state index in [1.165, 1.54) is 209 Å². The Morgan fingerprint density at radius 3 is 1.03 bits per heavy atom. The molecule has 86 heavy (non-hydrogen) atoms. The summed E-state index contributed by atoms with van der Waals surface area (Å²) >= 11 is 0. The highest BCUT2D eigenvalue weighted by Crippen LogP contribution is 2.55. The summed E-state index contributed by atoms with van der Waals surface area (Å²) in [6.07, 6.45) is 0. The molecule has 15 aromatic carbocycles. The summed E-state index contributed by atoms with van der Waals surface area (Å²) < 4.78 is 5.18. The van der Waals surface area contributed by atoms with E-state index in [0.29, 0.717) is 0 Å². The van der Waals surface area contributed by atoms with Gasteiger partial charge in [0, 0.05) is 43.8 Å². The van der Waals surface area contributed by atoms with Crippen LogP contribution >= 0.6 is 0 Å². The van der Waals surface area contributed by atoms with E-state index in [0.717, 1.165) is 0 Å². The van der Waals surface area contributed by atoms with E-state index in [2.05, 4.69) is 283 Å². The molecule has 2 heteroatoms. The van der Waals surface area contributed by atoms with Crippen LogP contribution in [0.3, 0.4) is 0 Å². The normalized spacial score (nSPS) is 14.2. The van der Waals surface area contributed by atoms with Crippen LogP contribution in [0.5, 0.6) is 0 Å². The van der Waals surface area contributed by atoms with Crippen LogP contribution < -0.4 is 0 Å². The second-order valence-corrected chi connectivity index (χ2v) is 26.4. The van der Waals surface area contributed by atoms with E-state index in [-0.39, 0.29) is 10.8 Å². The number of hydrogen-bond acceptors (Lipinski definition) is 0. The second-order valence-electron chi connectivity index (χ2n) is 26.4. The molecule has 0 unspecified atom stereocenters. The van der Waals surface area contributed by atoms with Gasteiger partial charge in [-0.15, -0.1) is 0 Å². The third-order valence-corrected chi connectivity index (χ3v) is 21.6. The molecule has 17 aromatic rings. The number of nitrogens with zero attached hydrogens (tertiary/aromatic N) is 2. The largest absolute Gasteiger partial charge is 0.313 e. The Bertz CT molecular complexity index is 5530. The Morgan fingerprint density at radius 2 is 0.616 bits per heavy atom. The van der Waals surface area contributed by atoms with E-state index < -0.39 is 0 Å². The lowest BCUT2D eigenvalue weighted by molar-refractivity contribution is 0.660. The Balaban J connectivity index is 0.977. The molecule has 0 aliphatic heterocycles. The van der Waals surface area contributed by atoms with Crippen molar-refractivity contribution < 1.29 is 0 Å². The monoisotopic (exact) mass is 1100 g/mol. The van der Waals surface area contributed by atoms with Crippen molar-refractivity contribution in [3.63, 3.8) is 0 Å². The van der Waals surface area contributed by atoms with Gasteiger partial charge in [0.15, 0.2) is 0 Å². The molecule has 406 valence electrons. The lowest BCUT2D eigenvalue weighted by Gasteiger charge is -2.24. The Morgan fingerprint density at radius 1 is 0.267 bits per heavy atom. The number of fused-ring (bicyclic) bond motifs is 10. The zero-order valence-corrected chi connectivity index (χ0v) is 49.7. The number of benzene rings is 15. The standard InChI is InChI=1S/C84H60N2/c1-45-47(3)85(73-37-31-53-25-23-49-15-13-17-51-27-35-61(73)81(53)77(49)51)75-43-67-65(41-63(45)75)79(55-29-33-59-57-19-9-11-21-69(57)83(5,6)71(59)39-55)68-44-76-64(42-66(68)80(67)56-30-34-60-58-20-10-12-22-70(58)84(7,8)72(60)40-56)46(2)48(4)86(76)74-38-32-54-26-24-50-16-14-18-52-28-36-62(74)82(54)78(50)52/h9-44H,1-8H3. The lowest BCUT2D eigenvalue weighted by atomic mass is 9.79. The number of hydrogen-bond donors (Lipinski definition) is 0. The van der Waals surface area contributed by atoms with Gasteiger partial charge in [0.2, 0.25) is 0 Å². The summed E-state index contributed by atoms with van der Waals surface area (Å²) in [5.74, 6) is 0. The summed E-state index contributed by atoms with van der Waals surface area (Å²) in [4.78, 5) is 0. The van der Waals surface area contributed by atoms with Crippen LogP contribution in [-0.4, -0.2) is 9.13 Å². The molecule has 19 rings (SSSR count). The topological polar surface area (TPSA) is 9.86 Å². The van der Waals surface area contributed by atoms with E-state index >= 15 is 0 Å². The molecule has 0 amide bonds. The molecule has 2 aromatic heterocycles. The summed E-state index contributed by atoms with van der Waals surface area (Å²) in [6, 6.07) is 84.9. The smallest absolute Gasteiger partial charge is 0.0540 e. The molecule has 0 radical (unpaired) electrons. The first-order chi connectivity index (χ1) is 41.8. The molecule has 0 saturated carbocycles. The molecule has 0 bridgehead atoms. The minimum Gasteiger partial charge on any atom is -0.313 e. The summed E-state index contributed by atoms with van der Waals surface area (Å²) in [5.41, 5.74) is 25.5. The van der Waals surface area contributed by atoms with E-state index in [1.807, 2.05) is 0 Å². The van der Waals surface area contributed by atoms with Gasteiger partial charge < -0.3 is 9.13 Å². The predicted octanol–water partition coefficient (Wildman–Crippen LogP) is 22.9. The SMILES string of the molecule is Cc1c(C)n(-c2ccc3ccc4cccc5ccc2c3c45)c2cc3c(-c4ccc5c(c4)C(C)(C)c4ccccc4-5)c4cc5c(C)c(C)n(-c6ccc7ccc8cccc9ccc6c7c89)c5cc4c(-c4ccc5c(c4)C(C)(C)c4ccccc4-5)c3cc12. The van der Waals surface area contributed by atoms with Crippen LogP contribution in [0.15, 0.2) is 218 Å². The van der Waals surface area contributed by atoms with Crippen molar-refractivity contribution in [2.24, 2.45) is 0 Å². The third-order valence-electron chi connectivity index (χ3n) is 21.6. The summed E-state index contributed by atoms with van der Waals surface area (Å²) in [6.45, 7) is 19.1. The quantitative estimate of drug-likeness (QED) is 0.123. The molecule has 2 heterocycles. The van der Waals surface area contributed by atoms with E-state index in [1.54, 1.807) is 0 Å². The summed E-state index contributed by atoms with van der Waals surface area (Å²) in [5, 5.41) is 23.2. The maximum Gasteiger partial charge on any atom is 0.0540 e. The third kappa shape index (κ3) is 6.01. The van der Waals surface area contributed by atoms with Gasteiger partial charge in [0.1, 0.15) is 0 Å². The fourth-order valence-corrected chi connectivity index (χ4v) is 17.1. The molecule has 2 aliphatic carbocycles. The van der Waals surface area contributed by atoms with E-state index in [9.17, 15) is 0 Å². The highest BCUT2D eigenvalue weighted by Gasteiger charge is 2.38. The van der Waals surface area contributed by atoms with Crippen LogP contribution in [0.2, 0.25) is 0 Å². The fraction of sp³-hybridized carbons (Fsp3) is 0.119. The molecule has 2 aliphatic rings. The molecular formula is C84H60N2. The average molecular weight is 1100 g/mol. The number of rotatable bonds is 4. The predicted molar refractivity (Wildman–Crippen MR) is 367 cm³/mol. The second kappa shape index (κ2) is 16.4. The zero-order valence-electron chi connectivity index (χ0n) is 49.7. The van der Waals surface area contributed by atoms with Gasteiger partial charge in [-0.2, -0.15) is 0 Å². The van der Waals surface area contributed by atoms with Crippen LogP contribution in [0.4, 0.5) is 0 Å². The highest BCUT2D eigenvalue weighted by molar-refractivity contribution is 6.29. The first-order valence-electron chi connectivity index (χ1n) is 30.7. The fourth-order valence-electron chi connectivity index (χ4n) is 17.1. The van der Waals surface area contributed by atoms with Gasteiger partial charge in [-0.1, -0.05) is 198 Å². The Kier molecular flexibility index (Phi) is 9.25. The number of aromatic nitrogens is 2. The highest BCUT2D eigenvalue weighted by atomic mass is 15.0. The van der Waals surface area contributed by atoms with Gasteiger partial charge in [0.25, 0.3) is 0 Å². The molecule has 0 spiro atoms. The van der Waals surface area contributed by atoms with Crippen molar-refractivity contribution in [2.75, 3.05) is 0 Å². The molecule has 2 nitrogen and oxygen atoms in total. The number of aryl methyl sites for hydroxylation is 2. The first kappa shape index (κ1) is 48.4. The van der Waals surface area contributed by atoms with Crippen LogP contribution in [-0.2, 0) is 10.8 Å². The van der Waals surface area contributed by atoms with Crippen molar-refractivity contribution in [3.8, 4) is 55.9 Å². The average Bonchev–Trinajstić information content (AvgIpc) is 1.41. The maximum atomic E-state index is 2.60. The Hall–Kier alpha value is -10.0. The molecule has 0 N–H and O–H groups in total. The molecule has 0 atom stereocenters. The van der Waals surface area contributed by atoms with Gasteiger partial charge in [-0.25, -0.2) is 0 Å². The van der Waals surface area contributed by atoms with Crippen molar-refractivity contribution in [3.05, 3.63) is 263 Å². The van der Waals surface area contributed by atoms with Gasteiger partial charge in [-0.3, -0.25) is 0 Å².